The van der Waals surface area contributed by atoms with E-state index in [1.165, 1.54) is 64.2 Å². The predicted octanol–water partition coefficient (Wildman–Crippen LogP) is 10.3. The molecule has 256 valence electrons. The minimum absolute atomic E-state index is 0.132. The molecule has 44 heavy (non-hydrogen) atoms. The van der Waals surface area contributed by atoms with Crippen molar-refractivity contribution in [2.45, 2.75) is 193 Å². The van der Waals surface area contributed by atoms with Crippen molar-refractivity contribution in [2.75, 3.05) is 6.61 Å². The smallest absolute Gasteiger partial charge is 0.306 e. The first kappa shape index (κ1) is 42.0. The van der Waals surface area contributed by atoms with Gasteiger partial charge in [0, 0.05) is 19.3 Å². The quantitative estimate of drug-likeness (QED) is 0.0457. The molecule has 1 N–H and O–H groups in total. The van der Waals surface area contributed by atoms with Crippen LogP contribution in [-0.4, -0.2) is 41.6 Å². The Morgan fingerprint density at radius 3 is 1.27 bits per heavy atom. The second-order valence-electron chi connectivity index (χ2n) is 12.2. The van der Waals surface area contributed by atoms with Crippen LogP contribution in [0.2, 0.25) is 0 Å². The lowest BCUT2D eigenvalue weighted by molar-refractivity contribution is -0.175. The van der Waals surface area contributed by atoms with Crippen LogP contribution in [0.25, 0.3) is 0 Å². The Morgan fingerprint density at radius 1 is 0.523 bits per heavy atom. The first-order chi connectivity index (χ1) is 21.5. The fourth-order valence-corrected chi connectivity index (χ4v) is 5.15. The van der Waals surface area contributed by atoms with Crippen molar-refractivity contribution in [3.8, 4) is 0 Å². The molecule has 2 atom stereocenters. The summed E-state index contributed by atoms with van der Waals surface area (Å²) in [5, 5.41) is 9.85. The van der Waals surface area contributed by atoms with Gasteiger partial charge in [0.15, 0.2) is 18.0 Å². The molecule has 2 unspecified atom stereocenters. The van der Waals surface area contributed by atoms with Gasteiger partial charge in [0.25, 0.3) is 0 Å². The highest BCUT2D eigenvalue weighted by Crippen LogP contribution is 2.15. The standard InChI is InChI=1S/C38H68O6/c1-4-7-9-11-13-15-17-19-21-23-25-27-29-31-36(41)43-35(33-39)38(34(40)6-3)44-37(42)32-30-28-26-24-22-20-18-16-14-12-10-8-5-2/h15-18,35,38-39H,4-14,19-33H2,1-3H3. The zero-order valence-electron chi connectivity index (χ0n) is 28.8. The van der Waals surface area contributed by atoms with Gasteiger partial charge in [-0.1, -0.05) is 122 Å². The van der Waals surface area contributed by atoms with E-state index in [2.05, 4.69) is 38.2 Å². The number of ketones is 1. The number of allylic oxidation sites excluding steroid dienone is 4. The molecule has 0 radical (unpaired) electrons. The van der Waals surface area contributed by atoms with Crippen LogP contribution in [0, 0.1) is 0 Å². The second-order valence-corrected chi connectivity index (χ2v) is 12.2. The average molecular weight is 621 g/mol. The maximum Gasteiger partial charge on any atom is 0.306 e. The zero-order valence-corrected chi connectivity index (χ0v) is 28.8. The van der Waals surface area contributed by atoms with Crippen molar-refractivity contribution in [3.05, 3.63) is 24.3 Å². The normalized spacial score (nSPS) is 13.0. The van der Waals surface area contributed by atoms with Crippen molar-refractivity contribution in [2.24, 2.45) is 0 Å². The van der Waals surface area contributed by atoms with Gasteiger partial charge in [0.1, 0.15) is 0 Å². The maximum absolute atomic E-state index is 12.5. The highest BCUT2D eigenvalue weighted by atomic mass is 16.6. The van der Waals surface area contributed by atoms with Crippen LogP contribution in [-0.2, 0) is 23.9 Å². The van der Waals surface area contributed by atoms with Gasteiger partial charge in [-0.15, -0.1) is 0 Å². The molecule has 0 aliphatic rings. The van der Waals surface area contributed by atoms with E-state index in [0.29, 0.717) is 12.8 Å². The summed E-state index contributed by atoms with van der Waals surface area (Å²) in [6.07, 6.45) is 32.3. The number of rotatable bonds is 32. The van der Waals surface area contributed by atoms with E-state index in [1.54, 1.807) is 6.92 Å². The first-order valence-corrected chi connectivity index (χ1v) is 18.3. The molecule has 0 heterocycles. The molecule has 0 saturated carbocycles. The first-order valence-electron chi connectivity index (χ1n) is 18.3. The average Bonchev–Trinajstić information content (AvgIpc) is 3.02. The van der Waals surface area contributed by atoms with Crippen LogP contribution >= 0.6 is 0 Å². The molecule has 0 bridgehead atoms. The number of aliphatic hydroxyl groups excluding tert-OH is 1. The molecule has 0 aliphatic carbocycles. The van der Waals surface area contributed by atoms with Gasteiger partial charge in [-0.2, -0.15) is 0 Å². The summed E-state index contributed by atoms with van der Waals surface area (Å²) in [5.41, 5.74) is 0. The summed E-state index contributed by atoms with van der Waals surface area (Å²) < 4.78 is 10.9. The lowest BCUT2D eigenvalue weighted by Gasteiger charge is -2.24. The van der Waals surface area contributed by atoms with Crippen molar-refractivity contribution >= 4 is 17.7 Å². The fourth-order valence-electron chi connectivity index (χ4n) is 5.15. The lowest BCUT2D eigenvalue weighted by Crippen LogP contribution is -2.43. The number of hydrogen-bond acceptors (Lipinski definition) is 6. The molecule has 0 fully saturated rings. The maximum atomic E-state index is 12.5. The Balaban J connectivity index is 4.14. The zero-order chi connectivity index (χ0) is 32.5. The van der Waals surface area contributed by atoms with Crippen LogP contribution in [0.15, 0.2) is 24.3 Å². The van der Waals surface area contributed by atoms with E-state index >= 15 is 0 Å². The summed E-state index contributed by atoms with van der Waals surface area (Å²) in [4.78, 5) is 37.4. The van der Waals surface area contributed by atoms with E-state index in [-0.39, 0.29) is 25.0 Å². The molecule has 0 aliphatic heterocycles. The number of carbonyl (C=O) groups is 3. The van der Waals surface area contributed by atoms with E-state index in [4.69, 9.17) is 9.47 Å². The highest BCUT2D eigenvalue weighted by Gasteiger charge is 2.33. The molecular formula is C38H68O6. The molecule has 0 aromatic carbocycles. The predicted molar refractivity (Wildman–Crippen MR) is 183 cm³/mol. The van der Waals surface area contributed by atoms with Crippen LogP contribution in [0.5, 0.6) is 0 Å². The third-order valence-corrected chi connectivity index (χ3v) is 8.01. The molecular weight excluding hydrogens is 552 g/mol. The molecule has 6 heteroatoms. The van der Waals surface area contributed by atoms with E-state index in [9.17, 15) is 19.5 Å². The summed E-state index contributed by atoms with van der Waals surface area (Å²) in [6.45, 7) is 5.57. The van der Waals surface area contributed by atoms with Crippen molar-refractivity contribution in [1.82, 2.24) is 0 Å². The molecule has 0 rings (SSSR count). The Hall–Kier alpha value is -1.95. The number of unbranched alkanes of at least 4 members (excludes halogenated alkanes) is 18. The molecule has 0 amide bonds. The molecule has 0 aromatic rings. The number of esters is 2. The minimum Gasteiger partial charge on any atom is -0.455 e. The van der Waals surface area contributed by atoms with Crippen LogP contribution in [0.4, 0.5) is 0 Å². The number of aliphatic hydroxyl groups is 1. The third-order valence-electron chi connectivity index (χ3n) is 8.01. The SMILES string of the molecule is CCCCCCC=CCCCCCCCC(=O)OC(CO)C(OC(=O)CCCCCCCC=CCCCCCC)C(=O)CC. The highest BCUT2D eigenvalue weighted by molar-refractivity contribution is 5.86. The number of hydrogen-bond donors (Lipinski definition) is 1. The molecule has 0 spiro atoms. The molecule has 6 nitrogen and oxygen atoms in total. The fraction of sp³-hybridized carbons (Fsp3) is 0.816. The monoisotopic (exact) mass is 621 g/mol. The van der Waals surface area contributed by atoms with E-state index in [1.807, 2.05) is 0 Å². The number of Topliss-reactive ketones (excluding diaryl/α,β-unsaturated/α-hetero) is 1. The van der Waals surface area contributed by atoms with Crippen molar-refractivity contribution in [1.29, 1.82) is 0 Å². The number of ether oxygens (including phenoxy) is 2. The minimum atomic E-state index is -1.25. The van der Waals surface area contributed by atoms with Gasteiger partial charge in [-0.3, -0.25) is 14.4 Å². The van der Waals surface area contributed by atoms with Gasteiger partial charge >= 0.3 is 11.9 Å². The second kappa shape index (κ2) is 32.4. The van der Waals surface area contributed by atoms with Gasteiger partial charge in [-0.25, -0.2) is 0 Å². The molecule has 0 saturated heterocycles. The summed E-state index contributed by atoms with van der Waals surface area (Å²) in [5.74, 6) is -1.30. The van der Waals surface area contributed by atoms with E-state index < -0.39 is 30.8 Å². The van der Waals surface area contributed by atoms with Gasteiger partial charge in [0.05, 0.1) is 6.61 Å². The van der Waals surface area contributed by atoms with Crippen LogP contribution < -0.4 is 0 Å². The lowest BCUT2D eigenvalue weighted by atomic mass is 10.1. The van der Waals surface area contributed by atoms with Gasteiger partial charge in [0.2, 0.25) is 0 Å². The summed E-state index contributed by atoms with van der Waals surface area (Å²) >= 11 is 0. The van der Waals surface area contributed by atoms with Crippen LogP contribution in [0.1, 0.15) is 181 Å². The van der Waals surface area contributed by atoms with Gasteiger partial charge < -0.3 is 14.6 Å². The van der Waals surface area contributed by atoms with E-state index in [0.717, 1.165) is 64.2 Å². The Bertz CT molecular complexity index is 744. The summed E-state index contributed by atoms with van der Waals surface area (Å²) in [7, 11) is 0. The topological polar surface area (TPSA) is 89.9 Å². The number of carbonyl (C=O) groups excluding carboxylic acids is 3. The summed E-state index contributed by atoms with van der Waals surface area (Å²) in [6, 6.07) is 0. The van der Waals surface area contributed by atoms with Crippen LogP contribution in [0.3, 0.4) is 0 Å². The third kappa shape index (κ3) is 26.5. The largest absolute Gasteiger partial charge is 0.455 e. The Labute approximate surface area is 270 Å². The van der Waals surface area contributed by atoms with Crippen molar-refractivity contribution < 1.29 is 29.0 Å². The van der Waals surface area contributed by atoms with Gasteiger partial charge in [-0.05, 0) is 64.2 Å². The Kier molecular flexibility index (Phi) is 31.0. The van der Waals surface area contributed by atoms with Crippen molar-refractivity contribution in [3.63, 3.8) is 0 Å². The molecule has 0 aromatic heterocycles. The Morgan fingerprint density at radius 2 is 0.886 bits per heavy atom.